The lowest BCUT2D eigenvalue weighted by molar-refractivity contribution is 0.579. The van der Waals surface area contributed by atoms with E-state index < -0.39 is 0 Å². The summed E-state index contributed by atoms with van der Waals surface area (Å²) < 4.78 is 7.78. The first-order valence-electron chi connectivity index (χ1n) is 9.85. The lowest BCUT2D eigenvalue weighted by Gasteiger charge is -2.09. The molecule has 30 heavy (non-hydrogen) atoms. The Kier molecular flexibility index (Phi) is 3.74. The second-order valence-electron chi connectivity index (χ2n) is 7.16. The predicted octanol–water partition coefficient (Wildman–Crippen LogP) is 6.48. The number of furan rings is 1. The van der Waals surface area contributed by atoms with Crippen molar-refractivity contribution in [3.8, 4) is 34.0 Å². The summed E-state index contributed by atoms with van der Waals surface area (Å²) in [5.41, 5.74) is 5.84. The molecule has 0 aliphatic rings. The van der Waals surface area contributed by atoms with Gasteiger partial charge in [-0.15, -0.1) is 0 Å². The Morgan fingerprint density at radius 1 is 0.767 bits per heavy atom. The van der Waals surface area contributed by atoms with Crippen LogP contribution >= 0.6 is 0 Å². The molecule has 0 radical (unpaired) electrons. The third kappa shape index (κ3) is 2.54. The van der Waals surface area contributed by atoms with Crippen molar-refractivity contribution in [2.45, 2.75) is 0 Å². The first-order valence-corrected chi connectivity index (χ1v) is 9.85. The molecule has 4 heteroatoms. The second-order valence-corrected chi connectivity index (χ2v) is 7.16. The van der Waals surface area contributed by atoms with E-state index in [2.05, 4.69) is 59.6 Å². The Hall–Kier alpha value is -4.18. The highest BCUT2D eigenvalue weighted by atomic mass is 16.3. The molecule has 0 atom stereocenters. The van der Waals surface area contributed by atoms with Crippen molar-refractivity contribution in [2.24, 2.45) is 0 Å². The molecule has 0 N–H and O–H groups in total. The van der Waals surface area contributed by atoms with E-state index in [1.165, 1.54) is 0 Å². The van der Waals surface area contributed by atoms with E-state index in [9.17, 15) is 0 Å². The smallest absolute Gasteiger partial charge is 0.154 e. The van der Waals surface area contributed by atoms with Crippen LogP contribution in [0.15, 0.2) is 108 Å². The van der Waals surface area contributed by atoms with Gasteiger partial charge in [0.1, 0.15) is 5.69 Å². The Balaban J connectivity index is 1.83. The summed E-state index contributed by atoms with van der Waals surface area (Å²) in [5, 5.41) is 7.33. The maximum Gasteiger partial charge on any atom is 0.154 e. The van der Waals surface area contributed by atoms with Gasteiger partial charge in [-0.25, -0.2) is 4.52 Å². The minimum Gasteiger partial charge on any atom is -0.463 e. The molecule has 0 aliphatic heterocycles. The van der Waals surface area contributed by atoms with Gasteiger partial charge < -0.3 is 4.42 Å². The molecule has 4 nitrogen and oxygen atoms in total. The van der Waals surface area contributed by atoms with Crippen molar-refractivity contribution in [3.05, 3.63) is 103 Å². The van der Waals surface area contributed by atoms with E-state index in [1.807, 2.05) is 47.1 Å². The fourth-order valence-corrected chi connectivity index (χ4v) is 4.05. The highest BCUT2D eigenvalue weighted by Gasteiger charge is 2.22. The van der Waals surface area contributed by atoms with Crippen LogP contribution in [0.5, 0.6) is 0 Å². The first-order chi connectivity index (χ1) is 14.9. The number of aromatic nitrogens is 3. The van der Waals surface area contributed by atoms with E-state index in [-0.39, 0.29) is 0 Å². The summed E-state index contributed by atoms with van der Waals surface area (Å²) in [6, 6.07) is 30.7. The molecule has 2 aromatic carbocycles. The molecule has 142 valence electrons. The highest BCUT2D eigenvalue weighted by molar-refractivity contribution is 6.08. The molecular formula is C26H17N3O. The van der Waals surface area contributed by atoms with Crippen LogP contribution in [0.1, 0.15) is 0 Å². The van der Waals surface area contributed by atoms with Crippen LogP contribution in [0.2, 0.25) is 0 Å². The molecule has 4 heterocycles. The van der Waals surface area contributed by atoms with E-state index in [0.717, 1.165) is 50.3 Å². The number of hydrogen-bond donors (Lipinski definition) is 0. The van der Waals surface area contributed by atoms with E-state index in [4.69, 9.17) is 9.52 Å². The van der Waals surface area contributed by atoms with Crippen LogP contribution in [0.3, 0.4) is 0 Å². The quantitative estimate of drug-likeness (QED) is 0.349. The van der Waals surface area contributed by atoms with Gasteiger partial charge in [-0.3, -0.25) is 4.98 Å². The summed E-state index contributed by atoms with van der Waals surface area (Å²) in [6.07, 6.45) is 3.50. The third-order valence-corrected chi connectivity index (χ3v) is 5.37. The Labute approximate surface area is 173 Å². The SMILES string of the molecule is c1ccc(-c2c(-c3ccco3)nn3c(-c4ccccn4)cc4ccccc4c23)cc1. The normalized spacial score (nSPS) is 11.3. The van der Waals surface area contributed by atoms with Crippen molar-refractivity contribution in [1.29, 1.82) is 0 Å². The largest absolute Gasteiger partial charge is 0.463 e. The molecule has 0 unspecified atom stereocenters. The van der Waals surface area contributed by atoms with Crippen molar-refractivity contribution < 1.29 is 4.42 Å². The molecule has 0 aliphatic carbocycles. The van der Waals surface area contributed by atoms with E-state index >= 15 is 0 Å². The van der Waals surface area contributed by atoms with Crippen molar-refractivity contribution in [2.75, 3.05) is 0 Å². The maximum atomic E-state index is 5.78. The van der Waals surface area contributed by atoms with Gasteiger partial charge in [0, 0.05) is 17.1 Å². The summed E-state index contributed by atoms with van der Waals surface area (Å²) >= 11 is 0. The predicted molar refractivity (Wildman–Crippen MR) is 119 cm³/mol. The molecule has 0 saturated heterocycles. The topological polar surface area (TPSA) is 43.3 Å². The number of rotatable bonds is 3. The molecule has 6 rings (SSSR count). The highest BCUT2D eigenvalue weighted by Crippen LogP contribution is 2.40. The summed E-state index contributed by atoms with van der Waals surface area (Å²) in [7, 11) is 0. The van der Waals surface area contributed by atoms with Crippen molar-refractivity contribution >= 4 is 16.3 Å². The zero-order valence-corrected chi connectivity index (χ0v) is 16.1. The lowest BCUT2D eigenvalue weighted by atomic mass is 9.99. The minimum absolute atomic E-state index is 0.744. The minimum atomic E-state index is 0.744. The summed E-state index contributed by atoms with van der Waals surface area (Å²) in [6.45, 7) is 0. The van der Waals surface area contributed by atoms with Gasteiger partial charge >= 0.3 is 0 Å². The summed E-state index contributed by atoms with van der Waals surface area (Å²) in [5.74, 6) is 0.744. The van der Waals surface area contributed by atoms with E-state index in [0.29, 0.717) is 0 Å². The lowest BCUT2D eigenvalue weighted by Crippen LogP contribution is -1.97. The Bertz CT molecular complexity index is 1470. The third-order valence-electron chi connectivity index (χ3n) is 5.37. The molecule has 0 fully saturated rings. The molecule has 0 amide bonds. The number of hydrogen-bond acceptors (Lipinski definition) is 3. The Morgan fingerprint density at radius 3 is 2.40 bits per heavy atom. The van der Waals surface area contributed by atoms with Crippen LogP contribution in [0, 0.1) is 0 Å². The number of benzene rings is 2. The van der Waals surface area contributed by atoms with Gasteiger partial charge in [0.15, 0.2) is 5.76 Å². The summed E-state index contributed by atoms with van der Waals surface area (Å²) in [4.78, 5) is 4.60. The van der Waals surface area contributed by atoms with Crippen LogP contribution in [-0.2, 0) is 0 Å². The van der Waals surface area contributed by atoms with Gasteiger partial charge in [-0.1, -0.05) is 60.7 Å². The van der Waals surface area contributed by atoms with Gasteiger partial charge in [0.05, 0.1) is 23.2 Å². The monoisotopic (exact) mass is 387 g/mol. The van der Waals surface area contributed by atoms with Gasteiger partial charge in [-0.05, 0) is 41.3 Å². The fraction of sp³-hybridized carbons (Fsp3) is 0. The average molecular weight is 387 g/mol. The van der Waals surface area contributed by atoms with Crippen LogP contribution in [0.4, 0.5) is 0 Å². The molecule has 4 aromatic heterocycles. The second kappa shape index (κ2) is 6.71. The molecule has 0 bridgehead atoms. The van der Waals surface area contributed by atoms with Crippen LogP contribution in [0.25, 0.3) is 50.3 Å². The van der Waals surface area contributed by atoms with Crippen LogP contribution < -0.4 is 0 Å². The van der Waals surface area contributed by atoms with Crippen LogP contribution in [-0.4, -0.2) is 14.6 Å². The fourth-order valence-electron chi connectivity index (χ4n) is 4.05. The molecule has 0 saturated carbocycles. The standard InChI is InChI=1S/C26H17N3O/c1-2-9-18(10-3-1)24-25(23-14-8-16-30-23)28-29-22(21-13-6-7-15-27-21)17-19-11-4-5-12-20(19)26(24)29/h1-17H. The van der Waals surface area contributed by atoms with Crippen molar-refractivity contribution in [1.82, 2.24) is 14.6 Å². The zero-order chi connectivity index (χ0) is 19.9. The molecule has 0 spiro atoms. The number of nitrogens with zero attached hydrogens (tertiary/aromatic N) is 3. The number of fused-ring (bicyclic) bond motifs is 3. The molecule has 6 aromatic rings. The average Bonchev–Trinajstić information content (AvgIpc) is 3.48. The maximum absolute atomic E-state index is 5.78. The first kappa shape index (κ1) is 16.7. The van der Waals surface area contributed by atoms with Gasteiger partial charge in [-0.2, -0.15) is 5.10 Å². The zero-order valence-electron chi connectivity index (χ0n) is 16.1. The van der Waals surface area contributed by atoms with E-state index in [1.54, 1.807) is 6.26 Å². The van der Waals surface area contributed by atoms with Gasteiger partial charge in [0.25, 0.3) is 0 Å². The number of pyridine rings is 2. The Morgan fingerprint density at radius 2 is 1.60 bits per heavy atom. The molecular weight excluding hydrogens is 370 g/mol. The van der Waals surface area contributed by atoms with Crippen molar-refractivity contribution in [3.63, 3.8) is 0 Å². The van der Waals surface area contributed by atoms with Gasteiger partial charge in [0.2, 0.25) is 0 Å².